The molecular weight excluding hydrogens is 960 g/mol. The SMILES string of the molecule is CCCCCCCCCCCCCCCC/C=C\CCCCCCCCCCCCCCCCCCCC(=O)NC(COP(=O)(O)OCC[N+](C)(C)C)C(O)/C=C/CCCCCCCCCCCCCCCCCCC. The van der Waals surface area contributed by atoms with Crippen LogP contribution < -0.4 is 5.32 Å². The van der Waals surface area contributed by atoms with Gasteiger partial charge in [-0.3, -0.25) is 13.8 Å². The van der Waals surface area contributed by atoms with Crippen LogP contribution in [-0.2, 0) is 18.4 Å². The van der Waals surface area contributed by atoms with Crippen LogP contribution in [0.25, 0.3) is 0 Å². The van der Waals surface area contributed by atoms with Crippen LogP contribution in [0.5, 0.6) is 0 Å². The summed E-state index contributed by atoms with van der Waals surface area (Å²) in [5, 5.41) is 14.0. The Labute approximate surface area is 474 Å². The normalized spacial score (nSPS) is 13.8. The van der Waals surface area contributed by atoms with Gasteiger partial charge in [-0.1, -0.05) is 321 Å². The van der Waals surface area contributed by atoms with Crippen molar-refractivity contribution in [2.45, 2.75) is 360 Å². The van der Waals surface area contributed by atoms with Crippen LogP contribution in [0.3, 0.4) is 0 Å². The first-order valence-electron chi connectivity index (χ1n) is 33.7. The van der Waals surface area contributed by atoms with Crippen molar-refractivity contribution in [1.29, 1.82) is 0 Å². The molecule has 1 amide bonds. The van der Waals surface area contributed by atoms with E-state index in [2.05, 4.69) is 31.3 Å². The van der Waals surface area contributed by atoms with Crippen molar-refractivity contribution < 1.29 is 32.9 Å². The summed E-state index contributed by atoms with van der Waals surface area (Å²) in [6.07, 6.45) is 76.1. The number of nitrogens with one attached hydrogen (secondary N) is 1. The Hall–Kier alpha value is -1.02. The second kappa shape index (κ2) is 58.6. The number of carbonyl (C=O) groups excluding carboxylic acids is 1. The number of quaternary nitrogens is 1. The molecule has 3 N–H and O–H groups in total. The number of aliphatic hydroxyl groups is 1. The number of phosphoric ester groups is 1. The quantitative estimate of drug-likeness (QED) is 0.0243. The van der Waals surface area contributed by atoms with Gasteiger partial charge in [0.25, 0.3) is 0 Å². The summed E-state index contributed by atoms with van der Waals surface area (Å²) in [7, 11) is 1.59. The molecule has 0 saturated carbocycles. The smallest absolute Gasteiger partial charge is 0.387 e. The number of unbranched alkanes of at least 4 members (excludes halogenated alkanes) is 48. The first kappa shape index (κ1) is 75.0. The lowest BCUT2D eigenvalue weighted by atomic mass is 10.0. The third kappa shape index (κ3) is 60.6. The van der Waals surface area contributed by atoms with Gasteiger partial charge in [0.2, 0.25) is 5.91 Å². The summed E-state index contributed by atoms with van der Waals surface area (Å²) in [6.45, 7) is 4.87. The Morgan fingerprint density at radius 3 is 1.01 bits per heavy atom. The van der Waals surface area contributed by atoms with E-state index in [1.54, 1.807) is 6.08 Å². The van der Waals surface area contributed by atoms with Crippen LogP contribution in [0.15, 0.2) is 24.3 Å². The molecule has 0 spiro atoms. The van der Waals surface area contributed by atoms with E-state index in [0.29, 0.717) is 17.4 Å². The third-order valence-corrected chi connectivity index (χ3v) is 16.6. The first-order chi connectivity index (χ1) is 37.0. The van der Waals surface area contributed by atoms with Gasteiger partial charge in [0, 0.05) is 6.42 Å². The largest absolute Gasteiger partial charge is 0.472 e. The maximum atomic E-state index is 13.0. The molecular formula is C67H134N2O6P+. The Balaban J connectivity index is 3.98. The van der Waals surface area contributed by atoms with Crippen molar-refractivity contribution in [2.24, 2.45) is 0 Å². The molecule has 0 aromatic carbocycles. The Morgan fingerprint density at radius 2 is 0.711 bits per heavy atom. The molecule has 9 heteroatoms. The van der Waals surface area contributed by atoms with E-state index in [1.807, 2.05) is 27.2 Å². The highest BCUT2D eigenvalue weighted by Crippen LogP contribution is 2.43. The monoisotopic (exact) mass is 1090 g/mol. The van der Waals surface area contributed by atoms with Crippen molar-refractivity contribution in [3.63, 3.8) is 0 Å². The predicted octanol–water partition coefficient (Wildman–Crippen LogP) is 21.1. The molecule has 3 unspecified atom stereocenters. The minimum absolute atomic E-state index is 0.0641. The van der Waals surface area contributed by atoms with E-state index >= 15 is 0 Å². The Bertz CT molecular complexity index is 1290. The Morgan fingerprint density at radius 1 is 0.434 bits per heavy atom. The van der Waals surface area contributed by atoms with Gasteiger partial charge in [-0.25, -0.2) is 4.57 Å². The lowest BCUT2D eigenvalue weighted by molar-refractivity contribution is -0.870. The van der Waals surface area contributed by atoms with Crippen molar-refractivity contribution in [3.8, 4) is 0 Å². The average Bonchev–Trinajstić information content (AvgIpc) is 3.38. The van der Waals surface area contributed by atoms with E-state index < -0.39 is 20.0 Å². The predicted molar refractivity (Wildman–Crippen MR) is 332 cm³/mol. The van der Waals surface area contributed by atoms with Crippen molar-refractivity contribution in [3.05, 3.63) is 24.3 Å². The maximum absolute atomic E-state index is 13.0. The van der Waals surface area contributed by atoms with E-state index in [4.69, 9.17) is 9.05 Å². The zero-order valence-electron chi connectivity index (χ0n) is 51.8. The molecule has 0 aromatic rings. The number of allylic oxidation sites excluding steroid dienone is 3. The van der Waals surface area contributed by atoms with E-state index in [1.165, 1.54) is 295 Å². The molecule has 3 atom stereocenters. The second-order valence-electron chi connectivity index (χ2n) is 24.6. The number of likely N-dealkylation sites (N-methyl/N-ethyl adjacent to an activating group) is 1. The van der Waals surface area contributed by atoms with Crippen molar-refractivity contribution in [2.75, 3.05) is 40.9 Å². The zero-order valence-corrected chi connectivity index (χ0v) is 52.7. The van der Waals surface area contributed by atoms with E-state index in [-0.39, 0.29) is 19.1 Å². The van der Waals surface area contributed by atoms with Gasteiger partial charge in [-0.15, -0.1) is 0 Å². The second-order valence-corrected chi connectivity index (χ2v) is 26.0. The molecule has 0 aliphatic rings. The van der Waals surface area contributed by atoms with Gasteiger partial charge in [-0.05, 0) is 44.9 Å². The summed E-state index contributed by atoms with van der Waals surface area (Å²) in [4.78, 5) is 23.4. The van der Waals surface area contributed by atoms with Crippen molar-refractivity contribution >= 4 is 13.7 Å². The van der Waals surface area contributed by atoms with Crippen LogP contribution >= 0.6 is 7.82 Å². The summed E-state index contributed by atoms with van der Waals surface area (Å²) in [6, 6.07) is -0.845. The molecule has 0 heterocycles. The molecule has 0 fully saturated rings. The molecule has 452 valence electrons. The fourth-order valence-corrected chi connectivity index (χ4v) is 11.1. The topological polar surface area (TPSA) is 105 Å². The minimum Gasteiger partial charge on any atom is -0.387 e. The lowest BCUT2D eigenvalue weighted by Crippen LogP contribution is -2.45. The average molecular weight is 1090 g/mol. The number of rotatable bonds is 63. The van der Waals surface area contributed by atoms with Crippen molar-refractivity contribution in [1.82, 2.24) is 5.32 Å². The summed E-state index contributed by atoms with van der Waals surface area (Å²) >= 11 is 0. The highest BCUT2D eigenvalue weighted by molar-refractivity contribution is 7.47. The molecule has 0 aromatic heterocycles. The fourth-order valence-electron chi connectivity index (χ4n) is 10.4. The van der Waals surface area contributed by atoms with Gasteiger partial charge in [0.15, 0.2) is 0 Å². The fraction of sp³-hybridized carbons (Fsp3) is 0.925. The summed E-state index contributed by atoms with van der Waals surface area (Å²) in [5.41, 5.74) is 0. The Kier molecular flexibility index (Phi) is 57.8. The number of hydrogen-bond acceptors (Lipinski definition) is 5. The van der Waals surface area contributed by atoms with Gasteiger partial charge >= 0.3 is 7.82 Å². The zero-order chi connectivity index (χ0) is 55.6. The summed E-state index contributed by atoms with van der Waals surface area (Å²) in [5.74, 6) is -0.170. The molecule has 0 radical (unpaired) electrons. The van der Waals surface area contributed by atoms with Crippen LogP contribution in [0.2, 0.25) is 0 Å². The van der Waals surface area contributed by atoms with Gasteiger partial charge in [0.05, 0.1) is 39.9 Å². The van der Waals surface area contributed by atoms with Crippen LogP contribution in [-0.4, -0.2) is 73.4 Å². The van der Waals surface area contributed by atoms with Crippen LogP contribution in [0.4, 0.5) is 0 Å². The third-order valence-electron chi connectivity index (χ3n) is 15.7. The first-order valence-corrected chi connectivity index (χ1v) is 35.2. The lowest BCUT2D eigenvalue weighted by Gasteiger charge is -2.25. The summed E-state index contributed by atoms with van der Waals surface area (Å²) < 4.78 is 23.8. The molecule has 0 aliphatic carbocycles. The molecule has 8 nitrogen and oxygen atoms in total. The van der Waals surface area contributed by atoms with E-state index in [9.17, 15) is 19.4 Å². The maximum Gasteiger partial charge on any atom is 0.472 e. The van der Waals surface area contributed by atoms with Crippen LogP contribution in [0, 0.1) is 0 Å². The van der Waals surface area contributed by atoms with Gasteiger partial charge in [-0.2, -0.15) is 0 Å². The molecule has 0 rings (SSSR count). The number of nitrogens with zero attached hydrogens (tertiary/aromatic N) is 1. The van der Waals surface area contributed by atoms with Gasteiger partial charge in [0.1, 0.15) is 13.2 Å². The number of carbonyl (C=O) groups is 1. The number of phosphoric acid groups is 1. The van der Waals surface area contributed by atoms with Gasteiger partial charge < -0.3 is 19.8 Å². The molecule has 0 bridgehead atoms. The number of amides is 1. The van der Waals surface area contributed by atoms with Crippen LogP contribution in [0.1, 0.15) is 348 Å². The van der Waals surface area contributed by atoms with E-state index in [0.717, 1.165) is 32.1 Å². The minimum atomic E-state index is -4.35. The standard InChI is InChI=1S/C67H133N2O6P/c1-6-8-10-12-14-16-18-20-22-24-26-27-28-29-30-31-32-33-34-35-36-37-38-39-40-41-43-45-47-49-51-53-55-57-59-61-67(71)68-65(64-75-76(72,73)74-63-62-69(3,4)5)66(70)60-58-56-54-52-50-48-46-44-42-25-23-21-19-17-15-13-11-9-7-2/h31-32,58,60,65-66,70H,6-30,33-57,59,61-64H2,1-5H3,(H-,68,71,72,73)/p+1/b32-31-,60-58+. The molecule has 0 saturated heterocycles. The highest BCUT2D eigenvalue weighted by Gasteiger charge is 2.28. The number of hydrogen-bond donors (Lipinski definition) is 3. The molecule has 0 aliphatic heterocycles. The highest BCUT2D eigenvalue weighted by atomic mass is 31.2. The number of aliphatic hydroxyl groups excluding tert-OH is 1. The molecule has 76 heavy (non-hydrogen) atoms.